The van der Waals surface area contributed by atoms with E-state index in [4.69, 9.17) is 5.73 Å². The molecule has 12 heteroatoms. The van der Waals surface area contributed by atoms with Crippen molar-refractivity contribution in [3.8, 4) is 11.5 Å². The Labute approximate surface area is 290 Å². The Balaban J connectivity index is 0.000000203. The Bertz CT molecular complexity index is 2310. The van der Waals surface area contributed by atoms with Crippen molar-refractivity contribution in [1.82, 2.24) is 9.97 Å². The minimum Gasteiger partial charge on any atom is -0.545 e. The van der Waals surface area contributed by atoms with E-state index >= 15 is 0 Å². The Morgan fingerprint density at radius 1 is 0.900 bits per heavy atom. The number of carbonyl (C=O) groups excluding carboxylic acids is 1. The molecule has 0 unspecified atom stereocenters. The summed E-state index contributed by atoms with van der Waals surface area (Å²) < 4.78 is 3.51. The lowest BCUT2D eigenvalue weighted by Gasteiger charge is -2.17. The second-order valence-electron chi connectivity index (χ2n) is 11.5. The molecule has 0 aliphatic heterocycles. The number of anilines is 1. The number of benzene rings is 4. The summed E-state index contributed by atoms with van der Waals surface area (Å²) in [7, 11) is 0. The Morgan fingerprint density at radius 2 is 1.50 bits per heavy atom. The van der Waals surface area contributed by atoms with E-state index in [2.05, 4.69) is 45.2 Å². The van der Waals surface area contributed by atoms with Crippen molar-refractivity contribution in [3.05, 3.63) is 130 Å². The number of aromatic hydroxyl groups is 2. The fourth-order valence-electron chi connectivity index (χ4n) is 5.94. The number of nitrogen functional groups attached to an aromatic ring is 1. The van der Waals surface area contributed by atoms with Crippen LogP contribution in [0.1, 0.15) is 55.8 Å². The molecule has 7 rings (SSSR count). The molecular weight excluding hydrogens is 657 g/mol. The number of phenols is 2. The molecule has 0 aliphatic carbocycles. The smallest absolute Gasteiger partial charge is 0.339 e. The number of aryl methyl sites for hydroxylation is 2. The first-order valence-electron chi connectivity index (χ1n) is 15.5. The van der Waals surface area contributed by atoms with Gasteiger partial charge in [0.15, 0.2) is 18.4 Å². The Hall–Kier alpha value is -6.11. The standard InChI is InChI=1S/C23H16O6.C15H17N4S.H2O/c24-20-16(14-7-3-1-5-12(14)9-18(20)22(26)27)11-17-15-8-4-2-6-13(15)10-19(21(17)25)23(28)29;1-3-13-17-8-12(15(16)18-13)9-19-6-4-11-5-7-20-14(11)10(19)2;/h1-10,24-25H,11H2,(H,26,27)(H,28,29);4-8H,3,9H2,1-2H3,(H2,16,17,18);1H2/q;+1;/p-1. The zero-order valence-electron chi connectivity index (χ0n) is 27.2. The molecule has 50 heavy (non-hydrogen) atoms. The molecule has 3 aromatic heterocycles. The number of fused-ring (bicyclic) bond motifs is 3. The second-order valence-corrected chi connectivity index (χ2v) is 12.4. The van der Waals surface area contributed by atoms with Gasteiger partial charge in [0.2, 0.25) is 0 Å². The fraction of sp³-hybridized carbons (Fsp3) is 0.132. The largest absolute Gasteiger partial charge is 0.545 e. The highest BCUT2D eigenvalue weighted by Gasteiger charge is 2.21. The molecule has 254 valence electrons. The highest BCUT2D eigenvalue weighted by atomic mass is 32.1. The molecule has 0 bridgehead atoms. The van der Waals surface area contributed by atoms with Gasteiger partial charge in [0.1, 0.15) is 33.4 Å². The Morgan fingerprint density at radius 3 is 2.08 bits per heavy atom. The predicted molar refractivity (Wildman–Crippen MR) is 191 cm³/mol. The molecule has 7 aromatic rings. The molecular formula is C38H34N4O7S. The third-order valence-electron chi connectivity index (χ3n) is 8.55. The van der Waals surface area contributed by atoms with Crippen molar-refractivity contribution < 1.29 is 40.1 Å². The predicted octanol–water partition coefficient (Wildman–Crippen LogP) is 4.71. The summed E-state index contributed by atoms with van der Waals surface area (Å²) in [4.78, 5) is 31.8. The summed E-state index contributed by atoms with van der Waals surface area (Å²) in [6.07, 6.45) is 4.67. The van der Waals surface area contributed by atoms with Crippen molar-refractivity contribution in [2.75, 3.05) is 5.73 Å². The number of pyridine rings is 1. The zero-order valence-corrected chi connectivity index (χ0v) is 28.0. The molecule has 0 atom stereocenters. The van der Waals surface area contributed by atoms with Gasteiger partial charge in [-0.3, -0.25) is 0 Å². The number of aromatic nitrogens is 3. The molecule has 0 aliphatic rings. The maximum atomic E-state index is 11.6. The lowest BCUT2D eigenvalue weighted by molar-refractivity contribution is -0.692. The van der Waals surface area contributed by atoms with Crippen molar-refractivity contribution >= 4 is 60.7 Å². The van der Waals surface area contributed by atoms with E-state index in [1.807, 2.05) is 13.1 Å². The fourth-order valence-corrected chi connectivity index (χ4v) is 6.85. The van der Waals surface area contributed by atoms with Crippen LogP contribution in [-0.4, -0.2) is 42.7 Å². The van der Waals surface area contributed by atoms with Gasteiger partial charge in [-0.05, 0) is 45.1 Å². The van der Waals surface area contributed by atoms with E-state index in [0.29, 0.717) is 33.9 Å². The molecule has 0 saturated heterocycles. The van der Waals surface area contributed by atoms with Gasteiger partial charge in [0, 0.05) is 54.1 Å². The quantitative estimate of drug-likeness (QED) is 0.171. The molecule has 0 spiro atoms. The van der Waals surface area contributed by atoms with Crippen LogP contribution < -0.4 is 15.4 Å². The summed E-state index contributed by atoms with van der Waals surface area (Å²) in [5, 5.41) is 48.1. The topological polar surface area (TPSA) is 205 Å². The zero-order chi connectivity index (χ0) is 34.8. The van der Waals surface area contributed by atoms with Crippen LogP contribution in [-0.2, 0) is 19.4 Å². The van der Waals surface area contributed by atoms with Gasteiger partial charge in [-0.2, -0.15) is 4.57 Å². The highest BCUT2D eigenvalue weighted by molar-refractivity contribution is 7.17. The average Bonchev–Trinajstić information content (AvgIpc) is 3.58. The van der Waals surface area contributed by atoms with Crippen LogP contribution in [0.4, 0.5) is 5.82 Å². The maximum Gasteiger partial charge on any atom is 0.339 e. The minimum atomic E-state index is -1.53. The van der Waals surface area contributed by atoms with Crippen LogP contribution in [0.2, 0.25) is 0 Å². The lowest BCUT2D eigenvalue weighted by Crippen LogP contribution is -2.37. The minimum absolute atomic E-state index is 0. The summed E-state index contributed by atoms with van der Waals surface area (Å²) >= 11 is 1.77. The lowest BCUT2D eigenvalue weighted by atomic mass is 9.90. The van der Waals surface area contributed by atoms with E-state index in [1.165, 1.54) is 27.9 Å². The van der Waals surface area contributed by atoms with Crippen LogP contribution in [0.5, 0.6) is 11.5 Å². The van der Waals surface area contributed by atoms with Gasteiger partial charge in [-0.15, -0.1) is 11.3 Å². The number of carboxylic acid groups (broad SMARTS) is 2. The number of rotatable bonds is 7. The van der Waals surface area contributed by atoms with Crippen LogP contribution in [0, 0.1) is 6.92 Å². The van der Waals surface area contributed by atoms with Gasteiger partial charge in [0.25, 0.3) is 0 Å². The highest BCUT2D eigenvalue weighted by Crippen LogP contribution is 2.38. The van der Waals surface area contributed by atoms with Gasteiger partial charge in [-0.1, -0.05) is 55.5 Å². The van der Waals surface area contributed by atoms with Crippen molar-refractivity contribution in [2.24, 2.45) is 0 Å². The first-order valence-corrected chi connectivity index (χ1v) is 16.3. The number of aromatic carboxylic acids is 2. The van der Waals surface area contributed by atoms with Gasteiger partial charge < -0.3 is 36.4 Å². The number of carboxylic acids is 2. The van der Waals surface area contributed by atoms with Crippen molar-refractivity contribution in [1.29, 1.82) is 0 Å². The number of hydrogen-bond acceptors (Lipinski definition) is 9. The van der Waals surface area contributed by atoms with Crippen LogP contribution in [0.25, 0.3) is 31.6 Å². The third kappa shape index (κ3) is 6.75. The monoisotopic (exact) mass is 690 g/mol. The molecule has 7 N–H and O–H groups in total. The van der Waals surface area contributed by atoms with Crippen molar-refractivity contribution in [3.63, 3.8) is 0 Å². The molecule has 0 amide bonds. The third-order valence-corrected chi connectivity index (χ3v) is 9.59. The summed E-state index contributed by atoms with van der Waals surface area (Å²) in [6, 6.07) is 20.9. The number of nitrogens with zero attached hydrogens (tertiary/aromatic N) is 3. The average molecular weight is 691 g/mol. The summed E-state index contributed by atoms with van der Waals surface area (Å²) in [5.74, 6) is -2.32. The first-order chi connectivity index (χ1) is 23.6. The number of carbonyl (C=O) groups is 2. The SMILES string of the molecule is CCc1ncc(C[n+]2ccc3ccsc3c2C)c(N)n1.O.O=C([O-])c1cc2ccccc2c(Cc2c(O)c(C(=O)O)cc3ccccc23)c1O. The summed E-state index contributed by atoms with van der Waals surface area (Å²) in [6.45, 7) is 4.86. The number of hydrogen-bond donors (Lipinski definition) is 4. The van der Waals surface area contributed by atoms with Crippen molar-refractivity contribution in [2.45, 2.75) is 33.2 Å². The molecule has 3 heterocycles. The van der Waals surface area contributed by atoms with Crippen LogP contribution in [0.15, 0.2) is 90.6 Å². The van der Waals surface area contributed by atoms with E-state index in [-0.39, 0.29) is 34.2 Å². The van der Waals surface area contributed by atoms with E-state index in [0.717, 1.165) is 17.8 Å². The first kappa shape index (κ1) is 35.2. The van der Waals surface area contributed by atoms with Crippen LogP contribution >= 0.6 is 11.3 Å². The normalized spacial score (nSPS) is 10.8. The molecule has 0 radical (unpaired) electrons. The van der Waals surface area contributed by atoms with E-state index in [1.54, 1.807) is 59.9 Å². The molecule has 4 aromatic carbocycles. The molecule has 0 fully saturated rings. The van der Waals surface area contributed by atoms with Gasteiger partial charge in [0.05, 0.1) is 11.5 Å². The van der Waals surface area contributed by atoms with E-state index < -0.39 is 23.4 Å². The van der Waals surface area contributed by atoms with Gasteiger partial charge in [-0.25, -0.2) is 14.8 Å². The molecule has 11 nitrogen and oxygen atoms in total. The number of nitrogens with two attached hydrogens (primary N) is 1. The van der Waals surface area contributed by atoms with Gasteiger partial charge >= 0.3 is 5.97 Å². The summed E-state index contributed by atoms with van der Waals surface area (Å²) in [5.41, 5.74) is 8.16. The maximum absolute atomic E-state index is 11.6. The Kier molecular flexibility index (Phi) is 10.3. The van der Waals surface area contributed by atoms with Crippen LogP contribution in [0.3, 0.4) is 0 Å². The number of thiophene rings is 1. The molecule has 0 saturated carbocycles. The van der Waals surface area contributed by atoms with E-state index in [9.17, 15) is 30.0 Å². The second kappa shape index (κ2) is 14.6.